The lowest BCUT2D eigenvalue weighted by Crippen LogP contribution is -2.10. The molecule has 0 aliphatic carbocycles. The van der Waals surface area contributed by atoms with E-state index in [-0.39, 0.29) is 5.41 Å². The summed E-state index contributed by atoms with van der Waals surface area (Å²) in [5.41, 5.74) is 5.14. The van der Waals surface area contributed by atoms with Crippen LogP contribution in [0.25, 0.3) is 5.57 Å². The zero-order chi connectivity index (χ0) is 27.4. The predicted octanol–water partition coefficient (Wildman–Crippen LogP) is 13.0. The molecule has 0 saturated heterocycles. The van der Waals surface area contributed by atoms with E-state index in [1.165, 1.54) is 87.3 Å². The molecular formula is C34H66. The second kappa shape index (κ2) is 29.7. The highest BCUT2D eigenvalue weighted by molar-refractivity contribution is 5.62. The first-order valence-corrected chi connectivity index (χ1v) is 14.4. The summed E-state index contributed by atoms with van der Waals surface area (Å²) >= 11 is 0. The lowest BCUT2D eigenvalue weighted by Gasteiger charge is -2.19. The Morgan fingerprint density at radius 1 is 0.647 bits per heavy atom. The predicted molar refractivity (Wildman–Crippen MR) is 165 cm³/mol. The van der Waals surface area contributed by atoms with Gasteiger partial charge >= 0.3 is 0 Å². The maximum Gasteiger partial charge on any atom is -0.0132 e. The number of hydrogen-bond acceptors (Lipinski definition) is 0. The van der Waals surface area contributed by atoms with E-state index in [4.69, 9.17) is 0 Å². The Hall–Kier alpha value is -1.30. The standard InChI is InChI=1S/C13H18.C13H28.C4H8.2C2H6/c1-10(2)11-7-6-8-12(9-11)13(3,4)5;1-3-5-7-9-11-13-12-10-8-6-4-2;1-4(2)3;2*1-2/h6-9H,1H2,2-5H3;3-13H2,1-2H3;1H2,2-3H3;2*1-2H3. The van der Waals surface area contributed by atoms with Gasteiger partial charge in [0.05, 0.1) is 0 Å². The van der Waals surface area contributed by atoms with Crippen molar-refractivity contribution in [3.63, 3.8) is 0 Å². The lowest BCUT2D eigenvalue weighted by atomic mass is 9.85. The van der Waals surface area contributed by atoms with Gasteiger partial charge < -0.3 is 0 Å². The Labute approximate surface area is 218 Å². The van der Waals surface area contributed by atoms with Crippen LogP contribution in [0.2, 0.25) is 0 Å². The maximum absolute atomic E-state index is 3.95. The van der Waals surface area contributed by atoms with Crippen molar-refractivity contribution in [2.45, 2.75) is 159 Å². The lowest BCUT2D eigenvalue weighted by molar-refractivity contribution is 0.554. The van der Waals surface area contributed by atoms with Gasteiger partial charge in [-0.1, -0.05) is 175 Å². The smallest absolute Gasteiger partial charge is 0.0132 e. The largest absolute Gasteiger partial charge is 0.100 e. The van der Waals surface area contributed by atoms with Crippen molar-refractivity contribution in [1.29, 1.82) is 0 Å². The van der Waals surface area contributed by atoms with E-state index < -0.39 is 0 Å². The van der Waals surface area contributed by atoms with Crippen molar-refractivity contribution >= 4 is 5.57 Å². The third kappa shape index (κ3) is 32.9. The Bertz CT molecular complexity index is 527. The minimum Gasteiger partial charge on any atom is -0.100 e. The van der Waals surface area contributed by atoms with Gasteiger partial charge in [-0.05, 0) is 37.3 Å². The highest BCUT2D eigenvalue weighted by atomic mass is 14.2. The van der Waals surface area contributed by atoms with Crippen LogP contribution >= 0.6 is 0 Å². The zero-order valence-corrected chi connectivity index (χ0v) is 26.0. The van der Waals surface area contributed by atoms with Crippen LogP contribution in [-0.4, -0.2) is 0 Å². The molecule has 0 amide bonds. The fourth-order valence-corrected chi connectivity index (χ4v) is 2.99. The van der Waals surface area contributed by atoms with Crippen molar-refractivity contribution < 1.29 is 0 Å². The van der Waals surface area contributed by atoms with E-state index in [0.29, 0.717) is 0 Å². The molecule has 202 valence electrons. The van der Waals surface area contributed by atoms with Crippen LogP contribution in [-0.2, 0) is 5.41 Å². The Morgan fingerprint density at radius 2 is 0.971 bits per heavy atom. The van der Waals surface area contributed by atoms with E-state index in [1.54, 1.807) is 0 Å². The van der Waals surface area contributed by atoms with Gasteiger partial charge in [-0.25, -0.2) is 0 Å². The minimum atomic E-state index is 0.228. The van der Waals surface area contributed by atoms with Crippen LogP contribution in [0, 0.1) is 0 Å². The van der Waals surface area contributed by atoms with Gasteiger partial charge in [0.15, 0.2) is 0 Å². The third-order valence-electron chi connectivity index (χ3n) is 4.93. The first kappa shape index (κ1) is 39.9. The monoisotopic (exact) mass is 475 g/mol. The normalized spacial score (nSPS) is 9.53. The minimum absolute atomic E-state index is 0.228. The topological polar surface area (TPSA) is 0 Å². The van der Waals surface area contributed by atoms with Crippen LogP contribution in [0.4, 0.5) is 0 Å². The second-order valence-corrected chi connectivity index (χ2v) is 10.0. The molecule has 0 radical (unpaired) electrons. The van der Waals surface area contributed by atoms with Gasteiger partial charge in [0.2, 0.25) is 0 Å². The molecule has 0 fully saturated rings. The quantitative estimate of drug-likeness (QED) is 0.221. The molecule has 1 aromatic carbocycles. The molecule has 1 rings (SSSR count). The summed E-state index contributed by atoms with van der Waals surface area (Å²) in [7, 11) is 0. The molecule has 0 bridgehead atoms. The van der Waals surface area contributed by atoms with Crippen molar-refractivity contribution in [1.82, 2.24) is 0 Å². The van der Waals surface area contributed by atoms with Crippen molar-refractivity contribution in [2.75, 3.05) is 0 Å². The molecule has 0 nitrogen and oxygen atoms in total. The number of rotatable bonds is 11. The highest BCUT2D eigenvalue weighted by Gasteiger charge is 2.13. The molecule has 1 aromatic rings. The Morgan fingerprint density at radius 3 is 1.24 bits per heavy atom. The van der Waals surface area contributed by atoms with Gasteiger partial charge in [-0.2, -0.15) is 0 Å². The summed E-state index contributed by atoms with van der Waals surface area (Å²) in [5, 5.41) is 0. The summed E-state index contributed by atoms with van der Waals surface area (Å²) in [6, 6.07) is 8.61. The molecular weight excluding hydrogens is 408 g/mol. The van der Waals surface area contributed by atoms with Gasteiger partial charge in [0.1, 0.15) is 0 Å². The fraction of sp³-hybridized carbons (Fsp3) is 0.706. The maximum atomic E-state index is 3.95. The van der Waals surface area contributed by atoms with Crippen LogP contribution < -0.4 is 0 Å². The number of benzene rings is 1. The summed E-state index contributed by atoms with van der Waals surface area (Å²) in [4.78, 5) is 0. The molecule has 0 N–H and O–H groups in total. The molecule has 0 aromatic heterocycles. The molecule has 0 saturated carbocycles. The average Bonchev–Trinajstić information content (AvgIpc) is 2.80. The van der Waals surface area contributed by atoms with Crippen LogP contribution in [0.1, 0.15) is 165 Å². The average molecular weight is 475 g/mol. The SMILES string of the molecule is C=C(C)C.C=C(C)c1cccc(C(C)(C)C)c1.CC.CC.CCCCCCCCCCCCC. The number of unbranched alkanes of at least 4 members (excludes halogenated alkanes) is 10. The van der Waals surface area contributed by atoms with E-state index in [9.17, 15) is 0 Å². The molecule has 0 unspecified atom stereocenters. The first-order valence-electron chi connectivity index (χ1n) is 14.4. The van der Waals surface area contributed by atoms with Gasteiger partial charge in [-0.3, -0.25) is 0 Å². The molecule has 0 aliphatic rings. The molecule has 0 atom stereocenters. The second-order valence-electron chi connectivity index (χ2n) is 10.0. The summed E-state index contributed by atoms with van der Waals surface area (Å²) in [5.74, 6) is 0. The number of hydrogen-bond donors (Lipinski definition) is 0. The number of allylic oxidation sites excluding steroid dienone is 2. The summed E-state index contributed by atoms with van der Waals surface area (Å²) in [6.45, 7) is 32.7. The molecule has 34 heavy (non-hydrogen) atoms. The van der Waals surface area contributed by atoms with E-state index in [2.05, 4.69) is 72.0 Å². The summed E-state index contributed by atoms with van der Waals surface area (Å²) in [6.07, 6.45) is 15.9. The van der Waals surface area contributed by atoms with Crippen LogP contribution in [0.3, 0.4) is 0 Å². The van der Waals surface area contributed by atoms with Crippen molar-refractivity contribution in [2.24, 2.45) is 0 Å². The molecule has 0 heterocycles. The molecule has 0 aliphatic heterocycles. The van der Waals surface area contributed by atoms with Crippen molar-refractivity contribution in [3.8, 4) is 0 Å². The van der Waals surface area contributed by atoms with E-state index in [1.807, 2.05) is 48.5 Å². The molecule has 0 heteroatoms. The zero-order valence-electron chi connectivity index (χ0n) is 26.0. The fourth-order valence-electron chi connectivity index (χ4n) is 2.99. The third-order valence-corrected chi connectivity index (χ3v) is 4.93. The van der Waals surface area contributed by atoms with E-state index >= 15 is 0 Å². The van der Waals surface area contributed by atoms with Gasteiger partial charge in [0, 0.05) is 0 Å². The Kier molecular flexibility index (Phi) is 34.9. The highest BCUT2D eigenvalue weighted by Crippen LogP contribution is 2.24. The van der Waals surface area contributed by atoms with Crippen LogP contribution in [0.15, 0.2) is 43.0 Å². The van der Waals surface area contributed by atoms with Gasteiger partial charge in [-0.15, -0.1) is 6.58 Å². The van der Waals surface area contributed by atoms with Crippen molar-refractivity contribution in [3.05, 3.63) is 54.1 Å². The first-order chi connectivity index (χ1) is 16.1. The van der Waals surface area contributed by atoms with Gasteiger partial charge in [0.25, 0.3) is 0 Å². The van der Waals surface area contributed by atoms with Crippen LogP contribution in [0.5, 0.6) is 0 Å². The molecule has 0 spiro atoms. The van der Waals surface area contributed by atoms with E-state index in [0.717, 1.165) is 5.57 Å². The summed E-state index contributed by atoms with van der Waals surface area (Å²) < 4.78 is 0. The Balaban J connectivity index is -0.000000203.